The van der Waals surface area contributed by atoms with E-state index < -0.39 is 0 Å². The van der Waals surface area contributed by atoms with Crippen molar-refractivity contribution in [2.24, 2.45) is 5.92 Å². The zero-order valence-corrected chi connectivity index (χ0v) is 16.7. The SMILES string of the molecule is COC(=O)c1ccc(CC2CCCCC2)c(N2CCNc3ccccc3C2)c1. The maximum absolute atomic E-state index is 12.2. The highest BCUT2D eigenvalue weighted by atomic mass is 16.5. The molecular formula is C24H30N2O2. The molecule has 4 rings (SSSR count). The maximum Gasteiger partial charge on any atom is 0.337 e. The summed E-state index contributed by atoms with van der Waals surface area (Å²) in [6.07, 6.45) is 7.81. The Morgan fingerprint density at radius 2 is 1.96 bits per heavy atom. The number of nitrogens with zero attached hydrogens (tertiary/aromatic N) is 1. The van der Waals surface area contributed by atoms with Gasteiger partial charge in [-0.1, -0.05) is 56.4 Å². The topological polar surface area (TPSA) is 41.6 Å². The molecule has 4 heteroatoms. The Labute approximate surface area is 167 Å². The van der Waals surface area contributed by atoms with Crippen LogP contribution in [0.25, 0.3) is 0 Å². The first-order valence-electron chi connectivity index (χ1n) is 10.5. The van der Waals surface area contributed by atoms with E-state index in [0.717, 1.165) is 32.0 Å². The van der Waals surface area contributed by atoms with Crippen LogP contribution in [0.1, 0.15) is 53.6 Å². The molecule has 0 radical (unpaired) electrons. The van der Waals surface area contributed by atoms with Gasteiger partial charge in [-0.05, 0) is 41.7 Å². The van der Waals surface area contributed by atoms with Crippen molar-refractivity contribution in [3.05, 3.63) is 59.2 Å². The van der Waals surface area contributed by atoms with Gasteiger partial charge in [0, 0.05) is 31.0 Å². The number of carbonyl (C=O) groups is 1. The Kier molecular flexibility index (Phi) is 5.84. The number of methoxy groups -OCH3 is 1. The van der Waals surface area contributed by atoms with Gasteiger partial charge >= 0.3 is 5.97 Å². The molecule has 1 heterocycles. The molecule has 1 saturated carbocycles. The summed E-state index contributed by atoms with van der Waals surface area (Å²) in [6, 6.07) is 14.6. The third kappa shape index (κ3) is 4.16. The van der Waals surface area contributed by atoms with Crippen molar-refractivity contribution in [2.75, 3.05) is 30.4 Å². The second-order valence-electron chi connectivity index (χ2n) is 8.05. The smallest absolute Gasteiger partial charge is 0.337 e. The monoisotopic (exact) mass is 378 g/mol. The zero-order chi connectivity index (χ0) is 19.3. The average molecular weight is 379 g/mol. The normalized spacial score (nSPS) is 17.4. The molecule has 1 N–H and O–H groups in total. The molecule has 2 aromatic carbocycles. The molecule has 0 atom stereocenters. The van der Waals surface area contributed by atoms with Gasteiger partial charge in [-0.25, -0.2) is 4.79 Å². The fourth-order valence-corrected chi connectivity index (χ4v) is 4.62. The molecule has 2 aromatic rings. The molecule has 1 aliphatic heterocycles. The van der Waals surface area contributed by atoms with Gasteiger partial charge in [0.25, 0.3) is 0 Å². The van der Waals surface area contributed by atoms with Crippen LogP contribution in [0.4, 0.5) is 11.4 Å². The molecule has 0 saturated heterocycles. The molecule has 0 spiro atoms. The molecule has 0 aromatic heterocycles. The summed E-state index contributed by atoms with van der Waals surface area (Å²) in [5.74, 6) is 0.493. The second kappa shape index (κ2) is 8.68. The van der Waals surface area contributed by atoms with Gasteiger partial charge in [-0.15, -0.1) is 0 Å². The number of ether oxygens (including phenoxy) is 1. The molecule has 2 aliphatic rings. The minimum atomic E-state index is -0.265. The molecule has 1 aliphatic carbocycles. The number of hydrogen-bond acceptors (Lipinski definition) is 4. The van der Waals surface area contributed by atoms with Gasteiger partial charge in [0.2, 0.25) is 0 Å². The first kappa shape index (κ1) is 18.9. The summed E-state index contributed by atoms with van der Waals surface area (Å²) in [5, 5.41) is 3.54. The Balaban J connectivity index is 1.66. The minimum absolute atomic E-state index is 0.265. The number of esters is 1. The third-order valence-electron chi connectivity index (χ3n) is 6.16. The standard InChI is InChI=1S/C24H30N2O2/c1-28-24(27)20-12-11-19(15-18-7-3-2-4-8-18)23(16-20)26-14-13-25-22-10-6-5-9-21(22)17-26/h5-6,9-12,16,18,25H,2-4,7-8,13-15,17H2,1H3. The van der Waals surface area contributed by atoms with Crippen LogP contribution in [0.2, 0.25) is 0 Å². The van der Waals surface area contributed by atoms with Crippen molar-refractivity contribution < 1.29 is 9.53 Å². The highest BCUT2D eigenvalue weighted by Crippen LogP contribution is 2.33. The lowest BCUT2D eigenvalue weighted by Crippen LogP contribution is -2.27. The maximum atomic E-state index is 12.2. The van der Waals surface area contributed by atoms with Crippen molar-refractivity contribution in [1.82, 2.24) is 0 Å². The van der Waals surface area contributed by atoms with Crippen LogP contribution in [0, 0.1) is 5.92 Å². The van der Waals surface area contributed by atoms with Crippen LogP contribution < -0.4 is 10.2 Å². The molecule has 1 fully saturated rings. The van der Waals surface area contributed by atoms with Crippen LogP contribution in [-0.2, 0) is 17.7 Å². The van der Waals surface area contributed by atoms with E-state index in [-0.39, 0.29) is 5.97 Å². The van der Waals surface area contributed by atoms with Crippen LogP contribution in [0.15, 0.2) is 42.5 Å². The van der Waals surface area contributed by atoms with Crippen molar-refractivity contribution in [3.8, 4) is 0 Å². The highest BCUT2D eigenvalue weighted by molar-refractivity contribution is 5.91. The Bertz CT molecular complexity index is 827. The molecule has 148 valence electrons. The van der Waals surface area contributed by atoms with Crippen LogP contribution in [-0.4, -0.2) is 26.2 Å². The quantitative estimate of drug-likeness (QED) is 0.758. The Morgan fingerprint density at radius 1 is 1.14 bits per heavy atom. The lowest BCUT2D eigenvalue weighted by Gasteiger charge is -2.28. The molecule has 4 nitrogen and oxygen atoms in total. The van der Waals surface area contributed by atoms with Crippen LogP contribution in [0.5, 0.6) is 0 Å². The molecule has 0 bridgehead atoms. The van der Waals surface area contributed by atoms with Crippen molar-refractivity contribution >= 4 is 17.3 Å². The van der Waals surface area contributed by atoms with Crippen LogP contribution >= 0.6 is 0 Å². The summed E-state index contributed by atoms with van der Waals surface area (Å²) in [6.45, 7) is 2.66. The summed E-state index contributed by atoms with van der Waals surface area (Å²) in [5.41, 5.74) is 5.69. The number of fused-ring (bicyclic) bond motifs is 1. The summed E-state index contributed by atoms with van der Waals surface area (Å²) < 4.78 is 4.98. The van der Waals surface area contributed by atoms with Gasteiger partial charge in [-0.3, -0.25) is 0 Å². The van der Waals surface area contributed by atoms with E-state index >= 15 is 0 Å². The first-order valence-corrected chi connectivity index (χ1v) is 10.5. The lowest BCUT2D eigenvalue weighted by atomic mass is 9.84. The summed E-state index contributed by atoms with van der Waals surface area (Å²) in [4.78, 5) is 14.6. The van der Waals surface area contributed by atoms with E-state index in [1.54, 1.807) is 0 Å². The minimum Gasteiger partial charge on any atom is -0.465 e. The Morgan fingerprint density at radius 3 is 2.79 bits per heavy atom. The summed E-state index contributed by atoms with van der Waals surface area (Å²) >= 11 is 0. The molecular weight excluding hydrogens is 348 g/mol. The van der Waals surface area contributed by atoms with Gasteiger partial charge in [-0.2, -0.15) is 0 Å². The Hall–Kier alpha value is -2.49. The number of rotatable bonds is 4. The molecule has 28 heavy (non-hydrogen) atoms. The zero-order valence-electron chi connectivity index (χ0n) is 16.7. The predicted molar refractivity (Wildman–Crippen MR) is 114 cm³/mol. The lowest BCUT2D eigenvalue weighted by molar-refractivity contribution is 0.0600. The molecule has 0 amide bonds. The number of para-hydroxylation sites is 1. The van der Waals surface area contributed by atoms with Crippen LogP contribution in [0.3, 0.4) is 0 Å². The van der Waals surface area contributed by atoms with Gasteiger partial charge in [0.15, 0.2) is 0 Å². The number of hydrogen-bond donors (Lipinski definition) is 1. The average Bonchev–Trinajstić information content (AvgIpc) is 2.96. The van der Waals surface area contributed by atoms with Crippen molar-refractivity contribution in [2.45, 2.75) is 45.1 Å². The van der Waals surface area contributed by atoms with Gasteiger partial charge < -0.3 is 15.0 Å². The van der Waals surface area contributed by atoms with E-state index in [0.29, 0.717) is 5.56 Å². The highest BCUT2D eigenvalue weighted by Gasteiger charge is 2.21. The van der Waals surface area contributed by atoms with E-state index in [4.69, 9.17) is 4.74 Å². The number of anilines is 2. The second-order valence-corrected chi connectivity index (χ2v) is 8.05. The first-order chi connectivity index (χ1) is 13.7. The van der Waals surface area contributed by atoms with E-state index in [1.807, 2.05) is 12.1 Å². The fourth-order valence-electron chi connectivity index (χ4n) is 4.62. The van der Waals surface area contributed by atoms with E-state index in [1.165, 1.54) is 61.7 Å². The third-order valence-corrected chi connectivity index (χ3v) is 6.16. The van der Waals surface area contributed by atoms with E-state index in [9.17, 15) is 4.79 Å². The largest absolute Gasteiger partial charge is 0.465 e. The molecule has 0 unspecified atom stereocenters. The van der Waals surface area contributed by atoms with Crippen molar-refractivity contribution in [1.29, 1.82) is 0 Å². The van der Waals surface area contributed by atoms with Crippen molar-refractivity contribution in [3.63, 3.8) is 0 Å². The predicted octanol–water partition coefficient (Wildman–Crippen LogP) is 5.03. The summed E-state index contributed by atoms with van der Waals surface area (Å²) in [7, 11) is 1.45. The van der Waals surface area contributed by atoms with E-state index in [2.05, 4.69) is 40.5 Å². The number of nitrogens with one attached hydrogen (secondary N) is 1. The fraction of sp³-hybridized carbons (Fsp3) is 0.458. The number of carbonyl (C=O) groups excluding carboxylic acids is 1. The van der Waals surface area contributed by atoms with Gasteiger partial charge in [0.05, 0.1) is 12.7 Å². The van der Waals surface area contributed by atoms with Gasteiger partial charge in [0.1, 0.15) is 0 Å². The number of benzene rings is 2.